The third kappa shape index (κ3) is 3.87. The molecule has 5 nitrogen and oxygen atoms in total. The number of piperidine rings is 1. The summed E-state index contributed by atoms with van der Waals surface area (Å²) in [5.74, 6) is 2.35. The van der Waals surface area contributed by atoms with Gasteiger partial charge in [0.1, 0.15) is 25.1 Å². The number of carbonyl (C=O) groups is 1. The summed E-state index contributed by atoms with van der Waals surface area (Å²) in [5.41, 5.74) is 2.99. The van der Waals surface area contributed by atoms with E-state index in [9.17, 15) is 4.79 Å². The molecule has 2 heterocycles. The van der Waals surface area contributed by atoms with Gasteiger partial charge in [-0.25, -0.2) is 0 Å². The van der Waals surface area contributed by atoms with E-state index in [2.05, 4.69) is 32.0 Å². The second-order valence-corrected chi connectivity index (χ2v) is 7.24. The number of nitrogens with zero attached hydrogens (tertiary/aromatic N) is 1. The number of fused-ring (bicyclic) bond motifs is 1. The minimum absolute atomic E-state index is 0.0390. The fourth-order valence-electron chi connectivity index (χ4n) is 3.55. The average molecular weight is 367 g/mol. The van der Waals surface area contributed by atoms with Gasteiger partial charge in [0.2, 0.25) is 0 Å². The molecular weight excluding hydrogens is 342 g/mol. The highest BCUT2D eigenvalue weighted by atomic mass is 16.6. The van der Waals surface area contributed by atoms with Crippen LogP contribution in [0.2, 0.25) is 0 Å². The van der Waals surface area contributed by atoms with Crippen molar-refractivity contribution >= 4 is 5.91 Å². The van der Waals surface area contributed by atoms with Gasteiger partial charge in [-0.3, -0.25) is 4.79 Å². The molecule has 2 aliphatic rings. The highest BCUT2D eigenvalue weighted by Crippen LogP contribution is 2.31. The van der Waals surface area contributed by atoms with Gasteiger partial charge >= 0.3 is 0 Å². The zero-order valence-electron chi connectivity index (χ0n) is 15.9. The van der Waals surface area contributed by atoms with Crippen molar-refractivity contribution in [1.82, 2.24) is 4.90 Å². The Bertz CT molecular complexity index is 840. The summed E-state index contributed by atoms with van der Waals surface area (Å²) < 4.78 is 17.3. The first-order valence-electron chi connectivity index (χ1n) is 9.53. The number of hydrogen-bond donors (Lipinski definition) is 0. The van der Waals surface area contributed by atoms with E-state index in [0.717, 1.165) is 24.2 Å². The maximum absolute atomic E-state index is 12.8. The van der Waals surface area contributed by atoms with Crippen molar-refractivity contribution in [1.29, 1.82) is 0 Å². The topological polar surface area (TPSA) is 48.0 Å². The predicted molar refractivity (Wildman–Crippen MR) is 103 cm³/mol. The van der Waals surface area contributed by atoms with Crippen LogP contribution < -0.4 is 14.2 Å². The molecular formula is C22H25NO4. The van der Waals surface area contributed by atoms with Crippen LogP contribution in [-0.4, -0.2) is 43.2 Å². The molecule has 0 aromatic heterocycles. The zero-order chi connectivity index (χ0) is 18.8. The first-order valence-corrected chi connectivity index (χ1v) is 9.53. The molecule has 0 spiro atoms. The molecule has 0 aliphatic carbocycles. The number of ether oxygens (including phenoxy) is 3. The number of benzene rings is 2. The molecule has 2 aromatic rings. The minimum atomic E-state index is 0.0390. The Labute approximate surface area is 159 Å². The summed E-state index contributed by atoms with van der Waals surface area (Å²) in [6, 6.07) is 11.7. The molecule has 4 rings (SSSR count). The summed E-state index contributed by atoms with van der Waals surface area (Å²) >= 11 is 0. The Kier molecular flexibility index (Phi) is 4.92. The van der Waals surface area contributed by atoms with Crippen LogP contribution in [0, 0.1) is 13.8 Å². The number of likely N-dealkylation sites (tertiary alicyclic amines) is 1. The molecule has 1 fully saturated rings. The van der Waals surface area contributed by atoms with Crippen LogP contribution in [0.4, 0.5) is 0 Å². The number of carbonyl (C=O) groups excluding carboxylic acids is 1. The van der Waals surface area contributed by atoms with E-state index in [1.165, 1.54) is 5.56 Å². The maximum atomic E-state index is 12.8. The lowest BCUT2D eigenvalue weighted by molar-refractivity contribution is 0.0593. The molecule has 2 aliphatic heterocycles. The first kappa shape index (κ1) is 17.7. The van der Waals surface area contributed by atoms with Gasteiger partial charge in [0.05, 0.1) is 0 Å². The van der Waals surface area contributed by atoms with Crippen molar-refractivity contribution in [2.45, 2.75) is 32.8 Å². The highest BCUT2D eigenvalue weighted by molar-refractivity contribution is 5.95. The zero-order valence-corrected chi connectivity index (χ0v) is 15.9. The fourth-order valence-corrected chi connectivity index (χ4v) is 3.55. The van der Waals surface area contributed by atoms with Gasteiger partial charge in [-0.1, -0.05) is 12.1 Å². The fraction of sp³-hybridized carbons (Fsp3) is 0.409. The normalized spacial score (nSPS) is 16.9. The second-order valence-electron chi connectivity index (χ2n) is 7.24. The average Bonchev–Trinajstić information content (AvgIpc) is 2.70. The molecule has 0 bridgehead atoms. The van der Waals surface area contributed by atoms with Gasteiger partial charge in [-0.15, -0.1) is 0 Å². The third-order valence-corrected chi connectivity index (χ3v) is 5.16. The molecule has 0 radical (unpaired) electrons. The van der Waals surface area contributed by atoms with E-state index < -0.39 is 0 Å². The Morgan fingerprint density at radius 1 is 1.00 bits per heavy atom. The number of rotatable bonds is 3. The monoisotopic (exact) mass is 367 g/mol. The molecule has 142 valence electrons. The van der Waals surface area contributed by atoms with Crippen LogP contribution in [0.15, 0.2) is 36.4 Å². The van der Waals surface area contributed by atoms with Gasteiger partial charge in [-0.2, -0.15) is 0 Å². The van der Waals surface area contributed by atoms with Gasteiger partial charge in [-0.05, 0) is 49.2 Å². The van der Waals surface area contributed by atoms with E-state index in [-0.39, 0.29) is 12.0 Å². The second kappa shape index (κ2) is 7.51. The van der Waals surface area contributed by atoms with Crippen molar-refractivity contribution in [2.75, 3.05) is 26.3 Å². The number of amides is 1. The van der Waals surface area contributed by atoms with E-state index in [1.54, 1.807) is 6.07 Å². The lowest BCUT2D eigenvalue weighted by Crippen LogP contribution is -2.41. The smallest absolute Gasteiger partial charge is 0.253 e. The van der Waals surface area contributed by atoms with Crippen molar-refractivity contribution in [3.8, 4) is 17.2 Å². The molecule has 1 amide bonds. The Hall–Kier alpha value is -2.69. The summed E-state index contributed by atoms with van der Waals surface area (Å²) in [5, 5.41) is 0. The van der Waals surface area contributed by atoms with Crippen molar-refractivity contribution in [3.63, 3.8) is 0 Å². The third-order valence-electron chi connectivity index (χ3n) is 5.16. The van der Waals surface area contributed by atoms with Gasteiger partial charge in [0, 0.05) is 31.5 Å². The van der Waals surface area contributed by atoms with E-state index in [1.807, 2.05) is 17.0 Å². The van der Waals surface area contributed by atoms with Gasteiger partial charge in [0.25, 0.3) is 5.91 Å². The Morgan fingerprint density at radius 3 is 2.52 bits per heavy atom. The molecule has 1 saturated heterocycles. The van der Waals surface area contributed by atoms with E-state index >= 15 is 0 Å². The molecule has 0 unspecified atom stereocenters. The van der Waals surface area contributed by atoms with Gasteiger partial charge < -0.3 is 19.1 Å². The predicted octanol–water partition coefficient (Wildman–Crippen LogP) is 3.76. The minimum Gasteiger partial charge on any atom is -0.490 e. The lowest BCUT2D eigenvalue weighted by Gasteiger charge is -2.32. The SMILES string of the molecule is Cc1ccc(C)c(OC2CCN(C(=O)c3ccc4c(c3)OCCO4)CC2)c1. The Morgan fingerprint density at radius 2 is 1.74 bits per heavy atom. The molecule has 0 saturated carbocycles. The highest BCUT2D eigenvalue weighted by Gasteiger charge is 2.26. The van der Waals surface area contributed by atoms with Crippen LogP contribution in [-0.2, 0) is 0 Å². The molecule has 27 heavy (non-hydrogen) atoms. The van der Waals surface area contributed by atoms with Crippen molar-refractivity contribution in [2.24, 2.45) is 0 Å². The van der Waals surface area contributed by atoms with Gasteiger partial charge in [0.15, 0.2) is 11.5 Å². The van der Waals surface area contributed by atoms with Crippen LogP contribution in [0.25, 0.3) is 0 Å². The van der Waals surface area contributed by atoms with Crippen molar-refractivity contribution < 1.29 is 19.0 Å². The molecule has 0 N–H and O–H groups in total. The quantitative estimate of drug-likeness (QED) is 0.829. The summed E-state index contributed by atoms with van der Waals surface area (Å²) in [4.78, 5) is 14.7. The van der Waals surface area contributed by atoms with E-state index in [0.29, 0.717) is 43.4 Å². The summed E-state index contributed by atoms with van der Waals surface area (Å²) in [6.45, 7) is 6.60. The van der Waals surface area contributed by atoms with Crippen LogP contribution in [0.1, 0.15) is 34.3 Å². The summed E-state index contributed by atoms with van der Waals surface area (Å²) in [6.07, 6.45) is 1.82. The van der Waals surface area contributed by atoms with Crippen molar-refractivity contribution in [3.05, 3.63) is 53.1 Å². The molecule has 0 atom stereocenters. The standard InChI is InChI=1S/C22H25NO4/c1-15-3-4-16(2)20(13-15)27-18-7-9-23(10-8-18)22(24)17-5-6-19-21(14-17)26-12-11-25-19/h3-6,13-14,18H,7-12H2,1-2H3. The lowest BCUT2D eigenvalue weighted by atomic mass is 10.1. The van der Waals surface area contributed by atoms with Crippen LogP contribution in [0.5, 0.6) is 17.2 Å². The summed E-state index contributed by atoms with van der Waals surface area (Å²) in [7, 11) is 0. The number of hydrogen-bond acceptors (Lipinski definition) is 4. The first-order chi connectivity index (χ1) is 13.1. The Balaban J connectivity index is 1.37. The molecule has 2 aromatic carbocycles. The van der Waals surface area contributed by atoms with Crippen LogP contribution >= 0.6 is 0 Å². The maximum Gasteiger partial charge on any atom is 0.253 e. The number of aryl methyl sites for hydroxylation is 2. The largest absolute Gasteiger partial charge is 0.490 e. The molecule has 5 heteroatoms. The van der Waals surface area contributed by atoms with E-state index in [4.69, 9.17) is 14.2 Å². The van der Waals surface area contributed by atoms with Crippen LogP contribution in [0.3, 0.4) is 0 Å².